The third-order valence-corrected chi connectivity index (χ3v) is 1.32. The number of aliphatic hydroxyl groups excluding tert-OH is 1. The van der Waals surface area contributed by atoms with Gasteiger partial charge >= 0.3 is 29.6 Å². The molecule has 16 heavy (non-hydrogen) atoms. The van der Waals surface area contributed by atoms with Crippen LogP contribution in [-0.2, 0) is 0 Å². The molecular weight excluding hydrogens is 259 g/mol. The van der Waals surface area contributed by atoms with Crippen LogP contribution in [-0.4, -0.2) is 40.2 Å². The van der Waals surface area contributed by atoms with E-state index >= 15 is 0 Å². The first-order chi connectivity index (χ1) is 6.87. The van der Waals surface area contributed by atoms with Crippen LogP contribution in [0.5, 0.6) is 0 Å². The van der Waals surface area contributed by atoms with Crippen LogP contribution >= 0.6 is 25.3 Å². The standard InChI is InChI=1S/C5H11NOS.C2H6O.CH3NOS.Na.H/c1-3-6(4-2)5(7)8;1-2-3;2-1(3)4;;/h3-4H2,1-2H3,(H,7,8);3H,2H2,1H3;(H3,2,3,4);;/q;;;+1;-1. The molecule has 0 atom stereocenters. The van der Waals surface area contributed by atoms with Crippen molar-refractivity contribution in [2.45, 2.75) is 20.8 Å². The topological polar surface area (TPSA) is 83.6 Å². The Labute approximate surface area is 132 Å². The van der Waals surface area contributed by atoms with Gasteiger partial charge in [0.05, 0.1) is 0 Å². The van der Waals surface area contributed by atoms with Gasteiger partial charge in [0.1, 0.15) is 0 Å². The molecule has 8 heteroatoms. The summed E-state index contributed by atoms with van der Waals surface area (Å²) >= 11 is 6.75. The third kappa shape index (κ3) is 36.5. The summed E-state index contributed by atoms with van der Waals surface area (Å²) in [6.07, 6.45) is 0. The molecular formula is C8H21N2NaO3S2. The van der Waals surface area contributed by atoms with Crippen molar-refractivity contribution < 1.29 is 45.7 Å². The third-order valence-electron chi connectivity index (χ3n) is 1.03. The largest absolute Gasteiger partial charge is 1.00 e. The second-order valence-electron chi connectivity index (χ2n) is 2.11. The van der Waals surface area contributed by atoms with E-state index in [2.05, 4.69) is 31.0 Å². The van der Waals surface area contributed by atoms with Gasteiger partial charge in [-0.1, -0.05) is 25.3 Å². The zero-order chi connectivity index (χ0) is 12.9. The van der Waals surface area contributed by atoms with E-state index in [-0.39, 0.29) is 42.8 Å². The van der Waals surface area contributed by atoms with E-state index in [1.54, 1.807) is 11.8 Å². The van der Waals surface area contributed by atoms with Crippen LogP contribution in [0.25, 0.3) is 0 Å². The molecule has 0 aromatic heterocycles. The molecule has 0 aliphatic rings. The number of hydrogen-bond acceptors (Lipinski definition) is 3. The van der Waals surface area contributed by atoms with Gasteiger partial charge in [-0.3, -0.25) is 9.59 Å². The van der Waals surface area contributed by atoms with Crippen LogP contribution in [0, 0.1) is 0 Å². The van der Waals surface area contributed by atoms with Gasteiger partial charge in [0.15, 0.2) is 0 Å². The first kappa shape index (κ1) is 25.4. The SMILES string of the molecule is CCN(CC)C(=O)S.CCO.NC(=O)S.[H-].[Na+]. The monoisotopic (exact) mass is 280 g/mol. The van der Waals surface area contributed by atoms with Gasteiger partial charge in [0.2, 0.25) is 0 Å². The van der Waals surface area contributed by atoms with Crippen molar-refractivity contribution in [1.29, 1.82) is 0 Å². The van der Waals surface area contributed by atoms with Gasteiger partial charge in [-0.2, -0.15) is 0 Å². The maximum absolute atomic E-state index is 10.4. The molecule has 5 nitrogen and oxygen atoms in total. The first-order valence-corrected chi connectivity index (χ1v) is 5.33. The second kappa shape index (κ2) is 20.9. The van der Waals surface area contributed by atoms with E-state index in [0.717, 1.165) is 13.1 Å². The maximum Gasteiger partial charge on any atom is 1.00 e. The number of aliphatic hydroxyl groups is 1. The summed E-state index contributed by atoms with van der Waals surface area (Å²) in [7, 11) is 0. The zero-order valence-corrected chi connectivity index (χ0v) is 14.1. The van der Waals surface area contributed by atoms with Gasteiger partial charge in [0.25, 0.3) is 10.5 Å². The minimum Gasteiger partial charge on any atom is -1.00 e. The molecule has 0 bridgehead atoms. The number of carbonyl (C=O) groups excluding carboxylic acids is 2. The summed E-state index contributed by atoms with van der Waals surface area (Å²) in [5.41, 5.74) is 4.34. The first-order valence-electron chi connectivity index (χ1n) is 4.44. The molecule has 0 radical (unpaired) electrons. The number of nitrogens with two attached hydrogens (primary N) is 1. The smallest absolute Gasteiger partial charge is 1.00 e. The Morgan fingerprint density at radius 1 is 1.25 bits per heavy atom. The molecule has 0 fully saturated rings. The van der Waals surface area contributed by atoms with E-state index in [4.69, 9.17) is 9.90 Å². The summed E-state index contributed by atoms with van der Waals surface area (Å²) in [6, 6.07) is 0. The molecule has 0 aromatic rings. The Bertz CT molecular complexity index is 171. The Balaban J connectivity index is -0.0000000461. The van der Waals surface area contributed by atoms with Gasteiger partial charge in [0, 0.05) is 19.7 Å². The minimum absolute atomic E-state index is 0. The number of hydrogen-bond donors (Lipinski definition) is 4. The number of amides is 2. The Morgan fingerprint density at radius 3 is 1.44 bits per heavy atom. The zero-order valence-electron chi connectivity index (χ0n) is 11.3. The fraction of sp³-hybridized carbons (Fsp3) is 0.750. The van der Waals surface area contributed by atoms with Crippen LogP contribution in [0.1, 0.15) is 22.2 Å². The number of nitrogens with zero attached hydrogens (tertiary/aromatic N) is 1. The fourth-order valence-electron chi connectivity index (χ4n) is 0.494. The van der Waals surface area contributed by atoms with Gasteiger partial charge in [-0.25, -0.2) is 0 Å². The van der Waals surface area contributed by atoms with E-state index in [1.807, 2.05) is 13.8 Å². The van der Waals surface area contributed by atoms with Crippen molar-refractivity contribution in [3.8, 4) is 0 Å². The molecule has 0 heterocycles. The van der Waals surface area contributed by atoms with Crippen molar-refractivity contribution >= 4 is 35.7 Å². The summed E-state index contributed by atoms with van der Waals surface area (Å²) in [5.74, 6) is 0. The molecule has 0 aromatic carbocycles. The van der Waals surface area contributed by atoms with Crippen LogP contribution < -0.4 is 35.3 Å². The van der Waals surface area contributed by atoms with E-state index in [9.17, 15) is 4.79 Å². The average molecular weight is 280 g/mol. The van der Waals surface area contributed by atoms with Crippen molar-refractivity contribution in [3.05, 3.63) is 0 Å². The molecule has 0 spiro atoms. The van der Waals surface area contributed by atoms with Crippen LogP contribution in [0.3, 0.4) is 0 Å². The summed E-state index contributed by atoms with van der Waals surface area (Å²) in [4.78, 5) is 21.1. The molecule has 0 unspecified atom stereocenters. The van der Waals surface area contributed by atoms with E-state index in [0.29, 0.717) is 0 Å². The predicted octanol–water partition coefficient (Wildman–Crippen LogP) is -1.51. The molecule has 0 aliphatic heterocycles. The van der Waals surface area contributed by atoms with Crippen molar-refractivity contribution in [1.82, 2.24) is 4.90 Å². The summed E-state index contributed by atoms with van der Waals surface area (Å²) in [6.45, 7) is 7.28. The Kier molecular flexibility index (Phi) is 33.3. The number of rotatable bonds is 2. The van der Waals surface area contributed by atoms with E-state index in [1.165, 1.54) is 0 Å². The number of carbonyl (C=O) groups is 2. The number of thiol groups is 2. The van der Waals surface area contributed by atoms with Crippen LogP contribution in [0.2, 0.25) is 0 Å². The maximum atomic E-state index is 10.4. The molecule has 0 saturated heterocycles. The van der Waals surface area contributed by atoms with Crippen molar-refractivity contribution in [3.63, 3.8) is 0 Å². The van der Waals surface area contributed by atoms with Gasteiger partial charge in [-0.05, 0) is 20.8 Å². The minimum atomic E-state index is -0.639. The molecule has 3 N–H and O–H groups in total. The second-order valence-corrected chi connectivity index (χ2v) is 2.93. The fourth-order valence-corrected chi connectivity index (χ4v) is 0.777. The van der Waals surface area contributed by atoms with Crippen molar-refractivity contribution in [2.75, 3.05) is 19.7 Å². The number of primary amides is 1. The van der Waals surface area contributed by atoms with E-state index < -0.39 is 5.24 Å². The van der Waals surface area contributed by atoms with Crippen LogP contribution in [0.15, 0.2) is 0 Å². The van der Waals surface area contributed by atoms with Gasteiger partial charge < -0.3 is 17.2 Å². The molecule has 2 amide bonds. The summed E-state index contributed by atoms with van der Waals surface area (Å²) < 4.78 is 0. The molecule has 94 valence electrons. The summed E-state index contributed by atoms with van der Waals surface area (Å²) in [5, 5.41) is 6.79. The quantitative estimate of drug-likeness (QED) is 0.366. The Morgan fingerprint density at radius 2 is 1.44 bits per heavy atom. The normalized spacial score (nSPS) is 7.12. The molecule has 0 saturated carbocycles. The van der Waals surface area contributed by atoms with Crippen LogP contribution in [0.4, 0.5) is 9.59 Å². The predicted molar refractivity (Wildman–Crippen MR) is 69.7 cm³/mol. The Hall–Kier alpha value is 0.600. The molecule has 0 aliphatic carbocycles. The molecule has 0 rings (SSSR count). The van der Waals surface area contributed by atoms with Crippen molar-refractivity contribution in [2.24, 2.45) is 5.73 Å². The van der Waals surface area contributed by atoms with Gasteiger partial charge in [-0.15, -0.1) is 0 Å². The average Bonchev–Trinajstić information content (AvgIpc) is 2.05.